The summed E-state index contributed by atoms with van der Waals surface area (Å²) in [6.07, 6.45) is 7.99. The highest BCUT2D eigenvalue weighted by atomic mass is 15.3. The van der Waals surface area contributed by atoms with E-state index in [0.29, 0.717) is 11.7 Å². The van der Waals surface area contributed by atoms with Crippen molar-refractivity contribution in [1.29, 1.82) is 0 Å². The summed E-state index contributed by atoms with van der Waals surface area (Å²) in [6, 6.07) is 0.577. The second kappa shape index (κ2) is 4.34. The van der Waals surface area contributed by atoms with Crippen LogP contribution in [0.5, 0.6) is 0 Å². The van der Waals surface area contributed by atoms with Gasteiger partial charge in [0.05, 0.1) is 11.4 Å². The first-order valence-electron chi connectivity index (χ1n) is 6.88. The number of fused-ring (bicyclic) bond motifs is 2. The lowest BCUT2D eigenvalue weighted by Gasteiger charge is -2.48. The van der Waals surface area contributed by atoms with Gasteiger partial charge in [0.1, 0.15) is 0 Å². The Balaban J connectivity index is 1.94. The normalized spacial score (nSPS) is 26.4. The van der Waals surface area contributed by atoms with Gasteiger partial charge in [0.25, 0.3) is 0 Å². The number of hydrogen-bond donors (Lipinski definition) is 1. The summed E-state index contributed by atoms with van der Waals surface area (Å²) < 4.78 is 0. The van der Waals surface area contributed by atoms with Gasteiger partial charge >= 0.3 is 0 Å². The van der Waals surface area contributed by atoms with Gasteiger partial charge in [-0.25, -0.2) is 0 Å². The quantitative estimate of drug-likeness (QED) is 0.781. The van der Waals surface area contributed by atoms with Crippen molar-refractivity contribution >= 4 is 0 Å². The Morgan fingerprint density at radius 1 is 1.32 bits per heavy atom. The molecule has 3 aliphatic heterocycles. The zero-order valence-electron chi connectivity index (χ0n) is 11.4. The molecule has 0 aromatic carbocycles. The van der Waals surface area contributed by atoms with Gasteiger partial charge in [-0.3, -0.25) is 0 Å². The van der Waals surface area contributed by atoms with Gasteiger partial charge in [-0.1, -0.05) is 19.7 Å². The van der Waals surface area contributed by atoms with Crippen LogP contribution in [0, 0.1) is 0 Å². The van der Waals surface area contributed by atoms with E-state index in [-0.39, 0.29) is 0 Å². The standard InChI is InChI=1S/C16H21N3/c1-11-8-16-13(3)19-7-5-4-6-14(19)9-18(16)10-15(11)12(2)17/h8,10,14H,1-7,9,17H2. The smallest absolute Gasteiger partial charge is 0.0644 e. The Morgan fingerprint density at radius 2 is 2.11 bits per heavy atom. The minimum absolute atomic E-state index is 0.577. The Morgan fingerprint density at radius 3 is 2.84 bits per heavy atom. The zero-order chi connectivity index (χ0) is 13.6. The number of nitrogens with zero attached hydrogens (tertiary/aromatic N) is 2. The maximum absolute atomic E-state index is 5.83. The molecule has 0 spiro atoms. The summed E-state index contributed by atoms with van der Waals surface area (Å²) in [5.74, 6) is 0. The van der Waals surface area contributed by atoms with Crippen molar-refractivity contribution in [2.24, 2.45) is 5.73 Å². The van der Waals surface area contributed by atoms with Gasteiger partial charge in [0.2, 0.25) is 0 Å². The average molecular weight is 255 g/mol. The van der Waals surface area contributed by atoms with E-state index in [1.54, 1.807) is 0 Å². The highest BCUT2D eigenvalue weighted by molar-refractivity contribution is 5.55. The molecule has 0 radical (unpaired) electrons. The summed E-state index contributed by atoms with van der Waals surface area (Å²) in [6.45, 7) is 14.3. The maximum atomic E-state index is 5.83. The van der Waals surface area contributed by atoms with Crippen LogP contribution >= 0.6 is 0 Å². The van der Waals surface area contributed by atoms with Crippen molar-refractivity contribution in [2.75, 3.05) is 13.1 Å². The molecule has 0 saturated carbocycles. The van der Waals surface area contributed by atoms with Gasteiger partial charge in [-0.2, -0.15) is 0 Å². The molecule has 3 nitrogen and oxygen atoms in total. The SMILES string of the molecule is C=C(N)C1=CN2CC3CCCCN3C(=C)C2=CC1=C. The molecule has 2 N–H and O–H groups in total. The molecule has 3 rings (SSSR count). The summed E-state index contributed by atoms with van der Waals surface area (Å²) in [4.78, 5) is 4.71. The van der Waals surface area contributed by atoms with E-state index in [0.717, 1.165) is 35.6 Å². The Kier molecular flexibility index (Phi) is 2.77. The first kappa shape index (κ1) is 12.2. The lowest BCUT2D eigenvalue weighted by Crippen LogP contribution is -2.51. The van der Waals surface area contributed by atoms with Gasteiger partial charge in [-0.05, 0) is 30.9 Å². The van der Waals surface area contributed by atoms with Gasteiger partial charge in [0.15, 0.2) is 0 Å². The number of hydrogen-bond acceptors (Lipinski definition) is 3. The van der Waals surface area contributed by atoms with Crippen LogP contribution in [-0.4, -0.2) is 28.9 Å². The van der Waals surface area contributed by atoms with Gasteiger partial charge in [0, 0.05) is 36.6 Å². The molecule has 100 valence electrons. The van der Waals surface area contributed by atoms with Gasteiger partial charge in [-0.15, -0.1) is 0 Å². The van der Waals surface area contributed by atoms with E-state index in [2.05, 4.69) is 41.8 Å². The number of piperidine rings is 1. The van der Waals surface area contributed by atoms with Crippen molar-refractivity contribution in [3.63, 3.8) is 0 Å². The predicted molar refractivity (Wildman–Crippen MR) is 78.8 cm³/mol. The van der Waals surface area contributed by atoms with Crippen molar-refractivity contribution in [3.8, 4) is 0 Å². The fraction of sp³-hybridized carbons (Fsp3) is 0.375. The van der Waals surface area contributed by atoms with Crippen LogP contribution in [0.25, 0.3) is 0 Å². The minimum Gasteiger partial charge on any atom is -0.399 e. The Labute approximate surface area is 115 Å². The lowest BCUT2D eigenvalue weighted by atomic mass is 9.93. The van der Waals surface area contributed by atoms with Crippen LogP contribution in [0.3, 0.4) is 0 Å². The molecule has 3 aliphatic rings. The zero-order valence-corrected chi connectivity index (χ0v) is 11.4. The van der Waals surface area contributed by atoms with Crippen molar-refractivity contribution in [3.05, 3.63) is 60.3 Å². The number of nitrogens with two attached hydrogens (primary N) is 1. The van der Waals surface area contributed by atoms with Crippen molar-refractivity contribution in [2.45, 2.75) is 25.3 Å². The van der Waals surface area contributed by atoms with Crippen molar-refractivity contribution < 1.29 is 0 Å². The molecule has 2 saturated heterocycles. The molecule has 0 aromatic heterocycles. The summed E-state index contributed by atoms with van der Waals surface area (Å²) >= 11 is 0. The molecule has 0 bridgehead atoms. The third-order valence-electron chi connectivity index (χ3n) is 4.27. The van der Waals surface area contributed by atoms with Crippen LogP contribution in [0.4, 0.5) is 0 Å². The fourth-order valence-corrected chi connectivity index (χ4v) is 3.24. The molecular weight excluding hydrogens is 234 g/mol. The molecule has 0 amide bonds. The molecular formula is C16H21N3. The summed E-state index contributed by atoms with van der Waals surface area (Å²) in [5.41, 5.74) is 10.6. The van der Waals surface area contributed by atoms with Crippen molar-refractivity contribution in [1.82, 2.24) is 9.80 Å². The Bertz CT molecular complexity index is 524. The van der Waals surface area contributed by atoms with E-state index >= 15 is 0 Å². The number of rotatable bonds is 1. The van der Waals surface area contributed by atoms with E-state index in [9.17, 15) is 0 Å². The van der Waals surface area contributed by atoms with Crippen LogP contribution in [0.1, 0.15) is 19.3 Å². The van der Waals surface area contributed by atoms with E-state index in [4.69, 9.17) is 5.73 Å². The monoisotopic (exact) mass is 255 g/mol. The third kappa shape index (κ3) is 1.89. The molecule has 1 atom stereocenters. The molecule has 2 fully saturated rings. The molecule has 0 aromatic rings. The fourth-order valence-electron chi connectivity index (χ4n) is 3.24. The minimum atomic E-state index is 0.577. The number of allylic oxidation sites excluding steroid dienone is 2. The summed E-state index contributed by atoms with van der Waals surface area (Å²) in [7, 11) is 0. The van der Waals surface area contributed by atoms with Gasteiger partial charge < -0.3 is 15.5 Å². The molecule has 0 aliphatic carbocycles. The molecule has 1 unspecified atom stereocenters. The van der Waals surface area contributed by atoms with E-state index < -0.39 is 0 Å². The number of piperazine rings is 1. The Hall–Kier alpha value is -1.90. The first-order valence-corrected chi connectivity index (χ1v) is 6.88. The third-order valence-corrected chi connectivity index (χ3v) is 4.27. The van der Waals surface area contributed by atoms with Crippen LogP contribution in [0.15, 0.2) is 60.3 Å². The van der Waals surface area contributed by atoms with Crippen LogP contribution in [0.2, 0.25) is 0 Å². The highest BCUT2D eigenvalue weighted by Gasteiger charge is 2.34. The predicted octanol–water partition coefficient (Wildman–Crippen LogP) is 2.48. The second-order valence-electron chi connectivity index (χ2n) is 5.56. The molecule has 19 heavy (non-hydrogen) atoms. The first-order chi connectivity index (χ1) is 9.08. The highest BCUT2D eigenvalue weighted by Crippen LogP contribution is 2.37. The van der Waals surface area contributed by atoms with Crippen LogP contribution in [-0.2, 0) is 0 Å². The van der Waals surface area contributed by atoms with E-state index in [1.807, 2.05) is 0 Å². The average Bonchev–Trinajstić information content (AvgIpc) is 2.39. The topological polar surface area (TPSA) is 32.5 Å². The second-order valence-corrected chi connectivity index (χ2v) is 5.56. The van der Waals surface area contributed by atoms with E-state index in [1.165, 1.54) is 19.3 Å². The summed E-state index contributed by atoms with van der Waals surface area (Å²) in [5, 5.41) is 0. The maximum Gasteiger partial charge on any atom is 0.0644 e. The molecule has 3 heterocycles. The lowest BCUT2D eigenvalue weighted by molar-refractivity contribution is 0.136. The van der Waals surface area contributed by atoms with Crippen LogP contribution < -0.4 is 5.73 Å². The largest absolute Gasteiger partial charge is 0.399 e. The molecule has 3 heteroatoms.